The third-order valence-corrected chi connectivity index (χ3v) is 9.36. The number of aldehydes is 1. The van der Waals surface area contributed by atoms with Gasteiger partial charge in [0.2, 0.25) is 0 Å². The van der Waals surface area contributed by atoms with Crippen LogP contribution in [0.4, 0.5) is 0 Å². The standard InChI is InChI=1S/C44H50N10O2/c55-28-26-51(31-38-10-1-5-18-45-38)22-24-54(34-41-13-4-8-21-48-41)35-42-17-16-37(30-49-42)44-15-9-14-43(50-44)36-52(27-29-56)23-25-53(32-39-11-2-6-19-46-39)33-40-12-3-7-20-47-40/h1-21,28,30,56H,22-27,29,31-36H2. The monoisotopic (exact) mass is 750 g/mol. The number of carbonyl (C=O) groups excluding carboxylic acids is 1. The SMILES string of the molecule is O=CCN(CCN(Cc1ccccn1)Cc1ccc(-c2cccc(CN(CCO)CCN(Cc3ccccn3)Cc3ccccn3)n2)cn1)Cc1ccccn1. The maximum atomic E-state index is 11.5. The molecule has 56 heavy (non-hydrogen) atoms. The predicted molar refractivity (Wildman–Crippen MR) is 216 cm³/mol. The topological polar surface area (TPSA) is 128 Å². The fourth-order valence-electron chi connectivity index (χ4n) is 6.48. The number of hydrogen-bond donors (Lipinski definition) is 1. The lowest BCUT2D eigenvalue weighted by molar-refractivity contribution is -0.109. The summed E-state index contributed by atoms with van der Waals surface area (Å²) in [5.41, 5.74) is 7.56. The Morgan fingerprint density at radius 2 is 0.893 bits per heavy atom. The first-order valence-corrected chi connectivity index (χ1v) is 19.1. The van der Waals surface area contributed by atoms with Crippen LogP contribution < -0.4 is 0 Å². The molecule has 0 unspecified atom stereocenters. The van der Waals surface area contributed by atoms with Gasteiger partial charge in [-0.05, 0) is 72.8 Å². The van der Waals surface area contributed by atoms with Crippen molar-refractivity contribution < 1.29 is 9.90 Å². The minimum Gasteiger partial charge on any atom is -0.395 e. The highest BCUT2D eigenvalue weighted by molar-refractivity contribution is 5.58. The maximum Gasteiger partial charge on any atom is 0.133 e. The molecule has 0 saturated heterocycles. The zero-order valence-corrected chi connectivity index (χ0v) is 31.8. The fourth-order valence-corrected chi connectivity index (χ4v) is 6.48. The van der Waals surface area contributed by atoms with Crippen LogP contribution in [-0.2, 0) is 44.1 Å². The molecule has 0 bridgehead atoms. The lowest BCUT2D eigenvalue weighted by Crippen LogP contribution is -2.36. The second kappa shape index (κ2) is 22.1. The molecule has 6 aromatic rings. The second-order valence-electron chi connectivity index (χ2n) is 13.7. The van der Waals surface area contributed by atoms with E-state index in [9.17, 15) is 9.90 Å². The van der Waals surface area contributed by atoms with Crippen LogP contribution in [0.3, 0.4) is 0 Å². The van der Waals surface area contributed by atoms with Crippen LogP contribution >= 0.6 is 0 Å². The van der Waals surface area contributed by atoms with Gasteiger partial charge in [0.25, 0.3) is 0 Å². The first kappa shape index (κ1) is 40.0. The Labute approximate surface area is 329 Å². The molecule has 12 nitrogen and oxygen atoms in total. The molecule has 12 heteroatoms. The van der Waals surface area contributed by atoms with E-state index in [0.717, 1.165) is 71.3 Å². The Morgan fingerprint density at radius 3 is 1.34 bits per heavy atom. The van der Waals surface area contributed by atoms with Gasteiger partial charge >= 0.3 is 0 Å². The molecule has 0 spiro atoms. The quantitative estimate of drug-likeness (QED) is 0.0894. The molecule has 0 fully saturated rings. The first-order valence-electron chi connectivity index (χ1n) is 19.1. The molecule has 0 aliphatic carbocycles. The Bertz CT molecular complexity index is 1950. The number of nitrogens with zero attached hydrogens (tertiary/aromatic N) is 10. The van der Waals surface area contributed by atoms with Crippen molar-refractivity contribution in [1.29, 1.82) is 0 Å². The molecular formula is C44H50N10O2. The van der Waals surface area contributed by atoms with Crippen LogP contribution in [0.2, 0.25) is 0 Å². The summed E-state index contributed by atoms with van der Waals surface area (Å²) in [6.07, 6.45) is 10.1. The summed E-state index contributed by atoms with van der Waals surface area (Å²) >= 11 is 0. The molecule has 6 aromatic heterocycles. The highest BCUT2D eigenvalue weighted by Crippen LogP contribution is 2.19. The van der Waals surface area contributed by atoms with Crippen molar-refractivity contribution in [2.24, 2.45) is 0 Å². The van der Waals surface area contributed by atoms with E-state index in [1.807, 2.05) is 116 Å². The summed E-state index contributed by atoms with van der Waals surface area (Å²) in [5.74, 6) is 0. The van der Waals surface area contributed by atoms with Crippen molar-refractivity contribution in [2.75, 3.05) is 45.9 Å². The number of rotatable bonds is 23. The van der Waals surface area contributed by atoms with Crippen molar-refractivity contribution in [3.63, 3.8) is 0 Å². The molecule has 0 atom stereocenters. The minimum absolute atomic E-state index is 0.0578. The summed E-state index contributed by atoms with van der Waals surface area (Å²) in [5, 5.41) is 9.97. The predicted octanol–water partition coefficient (Wildman–Crippen LogP) is 4.92. The van der Waals surface area contributed by atoms with Gasteiger partial charge in [-0.3, -0.25) is 49.5 Å². The van der Waals surface area contributed by atoms with Gasteiger partial charge < -0.3 is 9.90 Å². The Balaban J connectivity index is 1.09. The summed E-state index contributed by atoms with van der Waals surface area (Å²) in [7, 11) is 0. The molecule has 0 aliphatic rings. The summed E-state index contributed by atoms with van der Waals surface area (Å²) in [6, 6.07) is 34.0. The van der Waals surface area contributed by atoms with Crippen LogP contribution in [-0.4, -0.2) is 107 Å². The molecule has 288 valence electrons. The number of carbonyl (C=O) groups is 1. The Morgan fingerprint density at radius 1 is 0.446 bits per heavy atom. The molecule has 0 aliphatic heterocycles. The number of aromatic nitrogens is 6. The van der Waals surface area contributed by atoms with Crippen LogP contribution in [0, 0.1) is 0 Å². The summed E-state index contributed by atoms with van der Waals surface area (Å²) in [6.45, 7) is 7.74. The minimum atomic E-state index is 0.0578. The van der Waals surface area contributed by atoms with Gasteiger partial charge in [-0.2, -0.15) is 0 Å². The molecule has 6 heterocycles. The molecular weight excluding hydrogens is 701 g/mol. The van der Waals surface area contributed by atoms with Crippen molar-refractivity contribution in [2.45, 2.75) is 39.3 Å². The van der Waals surface area contributed by atoms with Gasteiger partial charge in [-0.15, -0.1) is 0 Å². The average Bonchev–Trinajstić information content (AvgIpc) is 3.24. The van der Waals surface area contributed by atoms with E-state index in [1.165, 1.54) is 0 Å². The van der Waals surface area contributed by atoms with E-state index < -0.39 is 0 Å². The van der Waals surface area contributed by atoms with Crippen molar-refractivity contribution in [3.8, 4) is 11.3 Å². The van der Waals surface area contributed by atoms with E-state index in [0.29, 0.717) is 58.9 Å². The Hall–Kier alpha value is -5.63. The zero-order chi connectivity index (χ0) is 38.6. The third kappa shape index (κ3) is 13.3. The van der Waals surface area contributed by atoms with Crippen molar-refractivity contribution in [1.82, 2.24) is 49.5 Å². The number of aliphatic hydroxyl groups is 1. The smallest absolute Gasteiger partial charge is 0.133 e. The molecule has 0 aromatic carbocycles. The summed E-state index contributed by atoms with van der Waals surface area (Å²) < 4.78 is 0. The largest absolute Gasteiger partial charge is 0.395 e. The molecule has 1 N–H and O–H groups in total. The average molecular weight is 751 g/mol. The molecule has 0 amide bonds. The van der Waals surface area contributed by atoms with Crippen molar-refractivity contribution >= 4 is 6.29 Å². The van der Waals surface area contributed by atoms with E-state index in [2.05, 4.69) is 51.7 Å². The molecule has 0 radical (unpaired) electrons. The van der Waals surface area contributed by atoms with Gasteiger partial charge in [0.05, 0.1) is 53.0 Å². The van der Waals surface area contributed by atoms with Crippen LogP contribution in [0.5, 0.6) is 0 Å². The zero-order valence-electron chi connectivity index (χ0n) is 31.8. The highest BCUT2D eigenvalue weighted by atomic mass is 16.3. The number of aliphatic hydroxyl groups excluding tert-OH is 1. The van der Waals surface area contributed by atoms with E-state index >= 15 is 0 Å². The van der Waals surface area contributed by atoms with Gasteiger partial charge in [-0.25, -0.2) is 0 Å². The first-order chi connectivity index (χ1) is 27.6. The second-order valence-corrected chi connectivity index (χ2v) is 13.7. The van der Waals surface area contributed by atoms with Gasteiger partial charge in [-0.1, -0.05) is 30.3 Å². The maximum absolute atomic E-state index is 11.5. The van der Waals surface area contributed by atoms with E-state index in [4.69, 9.17) is 9.97 Å². The van der Waals surface area contributed by atoms with Gasteiger partial charge in [0.1, 0.15) is 6.29 Å². The Kier molecular flexibility index (Phi) is 15.8. The number of pyridine rings is 6. The third-order valence-electron chi connectivity index (χ3n) is 9.36. The van der Waals surface area contributed by atoms with Gasteiger partial charge in [0.15, 0.2) is 0 Å². The van der Waals surface area contributed by atoms with E-state index in [-0.39, 0.29) is 6.61 Å². The van der Waals surface area contributed by atoms with Crippen LogP contribution in [0.25, 0.3) is 11.3 Å². The summed E-state index contributed by atoms with van der Waals surface area (Å²) in [4.78, 5) is 48.5. The van der Waals surface area contributed by atoms with Crippen LogP contribution in [0.1, 0.15) is 34.2 Å². The normalized spacial score (nSPS) is 11.5. The van der Waals surface area contributed by atoms with E-state index in [1.54, 1.807) is 6.20 Å². The fraction of sp³-hybridized carbons (Fsp3) is 0.295. The lowest BCUT2D eigenvalue weighted by Gasteiger charge is -2.27. The molecule has 6 rings (SSSR count). The molecule has 0 saturated carbocycles. The lowest BCUT2D eigenvalue weighted by atomic mass is 10.1. The number of hydrogen-bond acceptors (Lipinski definition) is 12. The van der Waals surface area contributed by atoms with Crippen molar-refractivity contribution in [3.05, 3.63) is 168 Å². The van der Waals surface area contributed by atoms with Gasteiger partial charge in [0, 0.05) is 109 Å². The highest BCUT2D eigenvalue weighted by Gasteiger charge is 2.16. The van der Waals surface area contributed by atoms with Crippen LogP contribution in [0.15, 0.2) is 134 Å².